The molecule has 17 heavy (non-hydrogen) atoms. The van der Waals surface area contributed by atoms with E-state index in [1.807, 2.05) is 6.07 Å². The predicted octanol–water partition coefficient (Wildman–Crippen LogP) is 1.73. The predicted molar refractivity (Wildman–Crippen MR) is 64.2 cm³/mol. The summed E-state index contributed by atoms with van der Waals surface area (Å²) in [7, 11) is 0. The fourth-order valence-electron chi connectivity index (χ4n) is 1.12. The molecule has 0 saturated carbocycles. The minimum absolute atomic E-state index is 0.153. The Hall–Kier alpha value is -1.54. The number of aliphatic hydroxyl groups excluding tert-OH is 1. The Kier molecular flexibility index (Phi) is 6.99. The van der Waals surface area contributed by atoms with Crippen LogP contribution in [0, 0.1) is 11.3 Å². The number of rotatable bonds is 5. The zero-order chi connectivity index (χ0) is 13.3. The van der Waals surface area contributed by atoms with Crippen molar-refractivity contribution in [2.24, 2.45) is 0 Å². The summed E-state index contributed by atoms with van der Waals surface area (Å²) in [6.07, 6.45) is 3.71. The van der Waals surface area contributed by atoms with Crippen molar-refractivity contribution in [3.05, 3.63) is 12.2 Å². The van der Waals surface area contributed by atoms with Crippen molar-refractivity contribution in [3.63, 3.8) is 0 Å². The number of hydrogen-bond acceptors (Lipinski definition) is 4. The molecule has 0 saturated heterocycles. The number of aliphatic hydroxyl groups is 1. The Morgan fingerprint density at radius 3 is 2.71 bits per heavy atom. The van der Waals surface area contributed by atoms with Gasteiger partial charge in [0.1, 0.15) is 5.60 Å². The molecule has 0 aliphatic heterocycles. The van der Waals surface area contributed by atoms with E-state index in [1.54, 1.807) is 26.8 Å². The Balaban J connectivity index is 4.01. The summed E-state index contributed by atoms with van der Waals surface area (Å²) in [4.78, 5) is 11.4. The van der Waals surface area contributed by atoms with Crippen LogP contribution >= 0.6 is 0 Å². The molecule has 0 radical (unpaired) electrons. The van der Waals surface area contributed by atoms with Crippen molar-refractivity contribution >= 4 is 6.09 Å². The molecule has 0 aromatic carbocycles. The van der Waals surface area contributed by atoms with Crippen molar-refractivity contribution < 1.29 is 14.6 Å². The number of alkyl carbamates (subject to hydrolysis) is 1. The zero-order valence-corrected chi connectivity index (χ0v) is 10.6. The molecule has 0 aliphatic carbocycles. The molecule has 0 rings (SSSR count). The summed E-state index contributed by atoms with van der Waals surface area (Å²) in [5.74, 6) is 0. The van der Waals surface area contributed by atoms with Gasteiger partial charge in [0.15, 0.2) is 0 Å². The lowest BCUT2D eigenvalue weighted by atomic mass is 10.1. The van der Waals surface area contributed by atoms with Gasteiger partial charge in [-0.2, -0.15) is 5.26 Å². The topological polar surface area (TPSA) is 82.3 Å². The number of carbonyl (C=O) groups excluding carboxylic acids is 1. The summed E-state index contributed by atoms with van der Waals surface area (Å²) in [6, 6.07) is 1.52. The summed E-state index contributed by atoms with van der Waals surface area (Å²) in [5.41, 5.74) is -0.551. The van der Waals surface area contributed by atoms with Crippen LogP contribution in [0.15, 0.2) is 12.2 Å². The van der Waals surface area contributed by atoms with Crippen molar-refractivity contribution in [1.29, 1.82) is 5.26 Å². The number of allylic oxidation sites excluding steroid dienone is 2. The van der Waals surface area contributed by atoms with Gasteiger partial charge in [-0.05, 0) is 33.6 Å². The van der Waals surface area contributed by atoms with Crippen LogP contribution in [0.2, 0.25) is 0 Å². The molecule has 0 aromatic rings. The SMILES string of the molecule is CC(C)(C)OC(=O)N[C@H](CO)CCC=CC#N. The third-order valence-electron chi connectivity index (χ3n) is 1.82. The van der Waals surface area contributed by atoms with Gasteiger partial charge >= 0.3 is 6.09 Å². The zero-order valence-electron chi connectivity index (χ0n) is 10.6. The smallest absolute Gasteiger partial charge is 0.407 e. The molecular weight excluding hydrogens is 220 g/mol. The number of amides is 1. The number of carbonyl (C=O) groups is 1. The van der Waals surface area contributed by atoms with Crippen LogP contribution in [0.1, 0.15) is 33.6 Å². The molecule has 0 heterocycles. The van der Waals surface area contributed by atoms with Crippen molar-refractivity contribution in [2.75, 3.05) is 6.61 Å². The van der Waals surface area contributed by atoms with Gasteiger partial charge in [0.05, 0.1) is 18.7 Å². The van der Waals surface area contributed by atoms with Crippen molar-refractivity contribution in [2.45, 2.75) is 45.3 Å². The lowest BCUT2D eigenvalue weighted by Gasteiger charge is -2.22. The molecule has 5 heteroatoms. The van der Waals surface area contributed by atoms with Gasteiger partial charge in [-0.3, -0.25) is 0 Å². The van der Waals surface area contributed by atoms with E-state index in [2.05, 4.69) is 5.32 Å². The molecule has 2 N–H and O–H groups in total. The second-order valence-electron chi connectivity index (χ2n) is 4.63. The summed E-state index contributed by atoms with van der Waals surface area (Å²) < 4.78 is 5.07. The first-order chi connectivity index (χ1) is 7.89. The van der Waals surface area contributed by atoms with Crippen LogP contribution in [0.4, 0.5) is 4.79 Å². The molecular formula is C12H20N2O3. The van der Waals surface area contributed by atoms with Crippen molar-refractivity contribution in [3.8, 4) is 6.07 Å². The van der Waals surface area contributed by atoms with Gasteiger partial charge in [0.25, 0.3) is 0 Å². The highest BCUT2D eigenvalue weighted by Crippen LogP contribution is 2.07. The lowest BCUT2D eigenvalue weighted by molar-refractivity contribution is 0.0479. The van der Waals surface area contributed by atoms with E-state index >= 15 is 0 Å². The first kappa shape index (κ1) is 15.5. The Bertz CT molecular complexity index is 300. The Morgan fingerprint density at radius 1 is 1.59 bits per heavy atom. The van der Waals surface area contributed by atoms with Crippen LogP contribution in [0.5, 0.6) is 0 Å². The second kappa shape index (κ2) is 7.69. The molecule has 0 aliphatic rings. The number of nitriles is 1. The molecule has 0 fully saturated rings. The van der Waals surface area contributed by atoms with Crippen LogP contribution in [0.25, 0.3) is 0 Å². The molecule has 0 spiro atoms. The quantitative estimate of drug-likeness (QED) is 0.717. The lowest BCUT2D eigenvalue weighted by Crippen LogP contribution is -2.40. The van der Waals surface area contributed by atoms with Crippen LogP contribution in [-0.4, -0.2) is 29.4 Å². The maximum absolute atomic E-state index is 11.4. The first-order valence-electron chi connectivity index (χ1n) is 5.54. The monoisotopic (exact) mass is 240 g/mol. The van der Waals surface area contributed by atoms with E-state index in [-0.39, 0.29) is 12.6 Å². The molecule has 0 aromatic heterocycles. The van der Waals surface area contributed by atoms with Gasteiger partial charge < -0.3 is 15.2 Å². The van der Waals surface area contributed by atoms with Crippen LogP contribution in [-0.2, 0) is 4.74 Å². The van der Waals surface area contributed by atoms with E-state index in [1.165, 1.54) is 6.08 Å². The minimum atomic E-state index is -0.551. The third kappa shape index (κ3) is 9.39. The van der Waals surface area contributed by atoms with E-state index in [0.717, 1.165) is 0 Å². The fourth-order valence-corrected chi connectivity index (χ4v) is 1.12. The van der Waals surface area contributed by atoms with Gasteiger partial charge in [-0.25, -0.2) is 4.79 Å². The third-order valence-corrected chi connectivity index (χ3v) is 1.82. The highest BCUT2D eigenvalue weighted by atomic mass is 16.6. The van der Waals surface area contributed by atoms with E-state index in [4.69, 9.17) is 15.1 Å². The highest BCUT2D eigenvalue weighted by Gasteiger charge is 2.18. The molecule has 5 nitrogen and oxygen atoms in total. The van der Waals surface area contributed by atoms with E-state index in [0.29, 0.717) is 12.8 Å². The normalized spacial score (nSPS) is 13.1. The van der Waals surface area contributed by atoms with Gasteiger partial charge in [-0.1, -0.05) is 6.08 Å². The van der Waals surface area contributed by atoms with Gasteiger partial charge in [-0.15, -0.1) is 0 Å². The van der Waals surface area contributed by atoms with Crippen LogP contribution in [0.3, 0.4) is 0 Å². The van der Waals surface area contributed by atoms with Gasteiger partial charge in [0, 0.05) is 6.08 Å². The average molecular weight is 240 g/mol. The number of nitrogens with zero attached hydrogens (tertiary/aromatic N) is 1. The second-order valence-corrected chi connectivity index (χ2v) is 4.63. The molecule has 96 valence electrons. The summed E-state index contributed by atoms with van der Waals surface area (Å²) in [5, 5.41) is 19.9. The molecule has 0 bridgehead atoms. The Morgan fingerprint density at radius 2 is 2.24 bits per heavy atom. The molecule has 1 atom stereocenters. The molecule has 1 amide bonds. The largest absolute Gasteiger partial charge is 0.444 e. The maximum Gasteiger partial charge on any atom is 0.407 e. The standard InChI is InChI=1S/C12H20N2O3/c1-12(2,3)17-11(16)14-10(9-15)7-5-4-6-8-13/h4,6,10,15H,5,7,9H2,1-3H3,(H,14,16)/t10-/m0/s1. The van der Waals surface area contributed by atoms with Crippen molar-refractivity contribution in [1.82, 2.24) is 5.32 Å². The average Bonchev–Trinajstić information content (AvgIpc) is 2.20. The highest BCUT2D eigenvalue weighted by molar-refractivity contribution is 5.68. The number of ether oxygens (including phenoxy) is 1. The Labute approximate surface area is 102 Å². The van der Waals surface area contributed by atoms with Crippen LogP contribution < -0.4 is 5.32 Å². The van der Waals surface area contributed by atoms with E-state index in [9.17, 15) is 4.79 Å². The number of nitrogens with one attached hydrogen (secondary N) is 1. The fraction of sp³-hybridized carbons (Fsp3) is 0.667. The summed E-state index contributed by atoms with van der Waals surface area (Å²) in [6.45, 7) is 5.17. The number of hydrogen-bond donors (Lipinski definition) is 2. The summed E-state index contributed by atoms with van der Waals surface area (Å²) >= 11 is 0. The molecule has 0 unspecified atom stereocenters. The first-order valence-corrected chi connectivity index (χ1v) is 5.54. The minimum Gasteiger partial charge on any atom is -0.444 e. The maximum atomic E-state index is 11.4. The van der Waals surface area contributed by atoms with Gasteiger partial charge in [0.2, 0.25) is 0 Å². The van der Waals surface area contributed by atoms with E-state index < -0.39 is 11.7 Å².